The second-order valence-corrected chi connectivity index (χ2v) is 5.75. The van der Waals surface area contributed by atoms with Gasteiger partial charge in [0, 0.05) is 0 Å². The number of hydrogen-bond acceptors (Lipinski definition) is 5. The highest BCUT2D eigenvalue weighted by Gasteiger charge is 2.25. The SMILES string of the molecule is CSCC[C@@H](NC(=O)CN1CSCC1=O)C(=O)O. The number of carboxylic acids is 1. The number of nitrogens with zero attached hydrogens (tertiary/aromatic N) is 1. The topological polar surface area (TPSA) is 86.7 Å². The molecule has 1 rings (SSSR count). The molecule has 0 bridgehead atoms. The monoisotopic (exact) mass is 292 g/mol. The lowest BCUT2D eigenvalue weighted by molar-refractivity contribution is -0.142. The van der Waals surface area contributed by atoms with E-state index in [4.69, 9.17) is 5.11 Å². The summed E-state index contributed by atoms with van der Waals surface area (Å²) in [5.41, 5.74) is 0. The molecule has 0 aromatic carbocycles. The first-order valence-corrected chi connectivity index (χ1v) is 7.96. The molecular formula is C10H16N2O4S2. The number of carbonyl (C=O) groups excluding carboxylic acids is 2. The van der Waals surface area contributed by atoms with Gasteiger partial charge in [0.25, 0.3) is 0 Å². The van der Waals surface area contributed by atoms with Crippen molar-refractivity contribution in [2.75, 3.05) is 30.2 Å². The third kappa shape index (κ3) is 4.77. The van der Waals surface area contributed by atoms with Crippen LogP contribution in [0.5, 0.6) is 0 Å². The molecule has 0 aliphatic carbocycles. The summed E-state index contributed by atoms with van der Waals surface area (Å²) in [4.78, 5) is 35.3. The molecule has 0 aromatic heterocycles. The number of nitrogens with one attached hydrogen (secondary N) is 1. The molecule has 0 unspecified atom stereocenters. The maximum absolute atomic E-state index is 11.6. The summed E-state index contributed by atoms with van der Waals surface area (Å²) in [6.07, 6.45) is 2.26. The van der Waals surface area contributed by atoms with Crippen molar-refractivity contribution in [3.63, 3.8) is 0 Å². The highest BCUT2D eigenvalue weighted by molar-refractivity contribution is 8.00. The molecule has 1 aliphatic rings. The van der Waals surface area contributed by atoms with E-state index in [2.05, 4.69) is 5.32 Å². The molecule has 8 heteroatoms. The average Bonchev–Trinajstić information content (AvgIpc) is 2.70. The van der Waals surface area contributed by atoms with Crippen molar-refractivity contribution in [3.05, 3.63) is 0 Å². The molecular weight excluding hydrogens is 276 g/mol. The molecule has 1 heterocycles. The predicted molar refractivity (Wildman–Crippen MR) is 71.6 cm³/mol. The van der Waals surface area contributed by atoms with Gasteiger partial charge in [-0.1, -0.05) is 0 Å². The van der Waals surface area contributed by atoms with Crippen LogP contribution in [0.4, 0.5) is 0 Å². The zero-order chi connectivity index (χ0) is 13.5. The van der Waals surface area contributed by atoms with Gasteiger partial charge in [0.2, 0.25) is 11.8 Å². The van der Waals surface area contributed by atoms with Gasteiger partial charge in [-0.15, -0.1) is 11.8 Å². The summed E-state index contributed by atoms with van der Waals surface area (Å²) in [5, 5.41) is 11.4. The smallest absolute Gasteiger partial charge is 0.326 e. The number of carboxylic acid groups (broad SMARTS) is 1. The van der Waals surface area contributed by atoms with E-state index in [0.29, 0.717) is 23.8 Å². The Balaban J connectivity index is 2.40. The average molecular weight is 292 g/mol. The van der Waals surface area contributed by atoms with E-state index in [9.17, 15) is 14.4 Å². The van der Waals surface area contributed by atoms with E-state index in [1.807, 2.05) is 6.26 Å². The van der Waals surface area contributed by atoms with E-state index in [1.54, 1.807) is 0 Å². The first-order chi connectivity index (χ1) is 8.54. The van der Waals surface area contributed by atoms with E-state index in [1.165, 1.54) is 28.4 Å². The van der Waals surface area contributed by atoms with Crippen LogP contribution in [0, 0.1) is 0 Å². The Hall–Kier alpha value is -0.890. The zero-order valence-electron chi connectivity index (χ0n) is 10.0. The largest absolute Gasteiger partial charge is 0.480 e. The Kier molecular flexibility index (Phi) is 6.34. The van der Waals surface area contributed by atoms with Gasteiger partial charge in [-0.2, -0.15) is 11.8 Å². The van der Waals surface area contributed by atoms with Gasteiger partial charge in [-0.25, -0.2) is 4.79 Å². The summed E-state index contributed by atoms with van der Waals surface area (Å²) in [6.45, 7) is -0.0606. The fourth-order valence-electron chi connectivity index (χ4n) is 1.45. The van der Waals surface area contributed by atoms with Crippen LogP contribution < -0.4 is 5.32 Å². The second-order valence-electron chi connectivity index (χ2n) is 3.81. The number of aliphatic carboxylic acids is 1. The van der Waals surface area contributed by atoms with Gasteiger partial charge in [-0.3, -0.25) is 9.59 Å². The molecule has 0 saturated carbocycles. The fraction of sp³-hybridized carbons (Fsp3) is 0.700. The molecule has 0 spiro atoms. The van der Waals surface area contributed by atoms with E-state index in [-0.39, 0.29) is 12.5 Å². The van der Waals surface area contributed by atoms with E-state index in [0.717, 1.165) is 0 Å². The summed E-state index contributed by atoms with van der Waals surface area (Å²) in [5.74, 6) is 0.0113. The normalized spacial score (nSPS) is 16.7. The highest BCUT2D eigenvalue weighted by Crippen LogP contribution is 2.14. The zero-order valence-corrected chi connectivity index (χ0v) is 11.7. The number of thioether (sulfide) groups is 2. The first-order valence-electron chi connectivity index (χ1n) is 5.41. The van der Waals surface area contributed by atoms with Crippen molar-refractivity contribution in [2.45, 2.75) is 12.5 Å². The summed E-state index contributed by atoms with van der Waals surface area (Å²) < 4.78 is 0. The summed E-state index contributed by atoms with van der Waals surface area (Å²) in [7, 11) is 0. The molecule has 6 nitrogen and oxygen atoms in total. The lowest BCUT2D eigenvalue weighted by Crippen LogP contribution is -2.46. The van der Waals surface area contributed by atoms with Crippen LogP contribution in [0.25, 0.3) is 0 Å². The van der Waals surface area contributed by atoms with Crippen LogP contribution in [0.3, 0.4) is 0 Å². The lowest BCUT2D eigenvalue weighted by Gasteiger charge is -2.17. The van der Waals surface area contributed by atoms with Gasteiger partial charge in [0.15, 0.2) is 0 Å². The second kappa shape index (κ2) is 7.52. The van der Waals surface area contributed by atoms with Crippen molar-refractivity contribution in [1.82, 2.24) is 10.2 Å². The quantitative estimate of drug-likeness (QED) is 0.678. The molecule has 102 valence electrons. The molecule has 1 atom stereocenters. The number of rotatable bonds is 7. The predicted octanol–water partition coefficient (Wildman–Crippen LogP) is -0.158. The molecule has 18 heavy (non-hydrogen) atoms. The minimum Gasteiger partial charge on any atom is -0.480 e. The molecule has 2 N–H and O–H groups in total. The Morgan fingerprint density at radius 2 is 2.33 bits per heavy atom. The van der Waals surface area contributed by atoms with Crippen molar-refractivity contribution < 1.29 is 19.5 Å². The maximum atomic E-state index is 11.6. The van der Waals surface area contributed by atoms with Gasteiger partial charge in [-0.05, 0) is 18.4 Å². The fourth-order valence-corrected chi connectivity index (χ4v) is 2.82. The number of carbonyl (C=O) groups is 3. The third-order valence-electron chi connectivity index (χ3n) is 2.40. The lowest BCUT2D eigenvalue weighted by atomic mass is 10.2. The Bertz CT molecular complexity index is 338. The van der Waals surface area contributed by atoms with Crippen molar-refractivity contribution in [3.8, 4) is 0 Å². The molecule has 0 radical (unpaired) electrons. The van der Waals surface area contributed by atoms with Gasteiger partial charge in [0.05, 0.1) is 11.6 Å². The summed E-state index contributed by atoms with van der Waals surface area (Å²) >= 11 is 2.97. The van der Waals surface area contributed by atoms with Crippen LogP contribution in [0.1, 0.15) is 6.42 Å². The Morgan fingerprint density at radius 1 is 1.61 bits per heavy atom. The molecule has 2 amide bonds. The third-order valence-corrected chi connectivity index (χ3v) is 3.99. The molecule has 1 aliphatic heterocycles. The maximum Gasteiger partial charge on any atom is 0.326 e. The van der Waals surface area contributed by atoms with Crippen molar-refractivity contribution in [1.29, 1.82) is 0 Å². The standard InChI is InChI=1S/C10H16N2O4S2/c1-17-3-2-7(10(15)16)11-8(13)4-12-6-18-5-9(12)14/h7H,2-6H2,1H3,(H,11,13)(H,15,16)/t7-/m1/s1. The highest BCUT2D eigenvalue weighted by atomic mass is 32.2. The number of hydrogen-bond donors (Lipinski definition) is 2. The van der Waals surface area contributed by atoms with Gasteiger partial charge in [0.1, 0.15) is 12.6 Å². The Morgan fingerprint density at radius 3 is 2.83 bits per heavy atom. The number of amides is 2. The molecule has 0 aromatic rings. The van der Waals surface area contributed by atoms with Crippen molar-refractivity contribution >= 4 is 41.3 Å². The minimum atomic E-state index is -1.04. The van der Waals surface area contributed by atoms with Crippen LogP contribution in [-0.2, 0) is 14.4 Å². The van der Waals surface area contributed by atoms with Gasteiger partial charge >= 0.3 is 5.97 Å². The van der Waals surface area contributed by atoms with E-state index >= 15 is 0 Å². The molecule has 1 fully saturated rings. The molecule has 1 saturated heterocycles. The van der Waals surface area contributed by atoms with Crippen LogP contribution in [0.15, 0.2) is 0 Å². The van der Waals surface area contributed by atoms with E-state index < -0.39 is 17.9 Å². The van der Waals surface area contributed by atoms with Crippen LogP contribution in [0.2, 0.25) is 0 Å². The minimum absolute atomic E-state index is 0.0606. The Labute approximate surface area is 114 Å². The summed E-state index contributed by atoms with van der Waals surface area (Å²) in [6, 6.07) is -0.879. The van der Waals surface area contributed by atoms with Crippen molar-refractivity contribution in [2.24, 2.45) is 0 Å². The first kappa shape index (κ1) is 15.2. The van der Waals surface area contributed by atoms with Gasteiger partial charge < -0.3 is 15.3 Å². The van der Waals surface area contributed by atoms with Crippen LogP contribution >= 0.6 is 23.5 Å². The van der Waals surface area contributed by atoms with Crippen LogP contribution in [-0.4, -0.2) is 64.0 Å².